The van der Waals surface area contributed by atoms with Crippen LogP contribution < -0.4 is 0 Å². The molecule has 0 aromatic heterocycles. The highest BCUT2D eigenvalue weighted by Crippen LogP contribution is 2.38. The van der Waals surface area contributed by atoms with Crippen molar-refractivity contribution in [1.82, 2.24) is 9.21 Å². The Morgan fingerprint density at radius 2 is 1.52 bits per heavy atom. The first kappa shape index (κ1) is 20.2. The van der Waals surface area contributed by atoms with Crippen LogP contribution in [0.5, 0.6) is 0 Å². The van der Waals surface area contributed by atoms with Crippen molar-refractivity contribution in [2.45, 2.75) is 23.5 Å². The number of sulfonamides is 1. The highest BCUT2D eigenvalue weighted by molar-refractivity contribution is 7.89. The maximum Gasteiger partial charge on any atom is 0.253 e. The van der Waals surface area contributed by atoms with Gasteiger partial charge in [-0.05, 0) is 35.0 Å². The zero-order chi connectivity index (χ0) is 21.5. The summed E-state index contributed by atoms with van der Waals surface area (Å²) >= 11 is 0. The van der Waals surface area contributed by atoms with Gasteiger partial charge in [0.15, 0.2) is 0 Å². The molecule has 160 valence electrons. The first-order valence-corrected chi connectivity index (χ1v) is 11.9. The molecule has 3 aromatic rings. The van der Waals surface area contributed by atoms with Crippen LogP contribution in [0.3, 0.4) is 0 Å². The van der Waals surface area contributed by atoms with E-state index in [2.05, 4.69) is 0 Å². The summed E-state index contributed by atoms with van der Waals surface area (Å²) < 4.78 is 34.0. The molecule has 0 radical (unpaired) electrons. The van der Waals surface area contributed by atoms with Crippen molar-refractivity contribution < 1.29 is 17.9 Å². The summed E-state index contributed by atoms with van der Waals surface area (Å²) in [6, 6.07) is 22.2. The van der Waals surface area contributed by atoms with Gasteiger partial charge < -0.3 is 9.64 Å². The number of fused-ring (bicyclic) bond motifs is 1. The molecule has 0 saturated carbocycles. The van der Waals surface area contributed by atoms with Gasteiger partial charge in [0.1, 0.15) is 5.72 Å². The SMILES string of the molecule is O=C(c1ccc2ccccc2c1)N1CCC2(CC1)OCCN2S(=O)(=O)c1ccccc1. The minimum atomic E-state index is -3.66. The Labute approximate surface area is 182 Å². The molecule has 0 N–H and O–H groups in total. The van der Waals surface area contributed by atoms with Crippen molar-refractivity contribution in [1.29, 1.82) is 0 Å². The summed E-state index contributed by atoms with van der Waals surface area (Å²) in [5.41, 5.74) is -0.231. The molecule has 1 amide bonds. The zero-order valence-corrected chi connectivity index (χ0v) is 17.9. The molecule has 0 unspecified atom stereocenters. The maximum absolute atomic E-state index is 13.2. The van der Waals surface area contributed by atoms with Crippen LogP contribution in [0.1, 0.15) is 23.2 Å². The van der Waals surface area contributed by atoms with Crippen LogP contribution in [0.15, 0.2) is 77.7 Å². The average Bonchev–Trinajstić information content (AvgIpc) is 3.23. The van der Waals surface area contributed by atoms with Crippen LogP contribution in [-0.2, 0) is 14.8 Å². The second-order valence-electron chi connectivity index (χ2n) is 8.04. The van der Waals surface area contributed by atoms with Gasteiger partial charge in [-0.2, -0.15) is 4.31 Å². The van der Waals surface area contributed by atoms with E-state index in [1.807, 2.05) is 42.5 Å². The third-order valence-electron chi connectivity index (χ3n) is 6.28. The number of hydrogen-bond acceptors (Lipinski definition) is 4. The molecule has 0 aliphatic carbocycles. The quantitative estimate of drug-likeness (QED) is 0.630. The fourth-order valence-electron chi connectivity index (χ4n) is 4.61. The van der Waals surface area contributed by atoms with E-state index in [4.69, 9.17) is 4.74 Å². The van der Waals surface area contributed by atoms with Crippen molar-refractivity contribution in [2.24, 2.45) is 0 Å². The first-order valence-electron chi connectivity index (χ1n) is 10.5. The fraction of sp³-hybridized carbons (Fsp3) is 0.292. The molecule has 0 bridgehead atoms. The predicted molar refractivity (Wildman–Crippen MR) is 118 cm³/mol. The molecule has 1 spiro atoms. The maximum atomic E-state index is 13.2. The van der Waals surface area contributed by atoms with E-state index in [1.54, 1.807) is 35.2 Å². The topological polar surface area (TPSA) is 66.9 Å². The van der Waals surface area contributed by atoms with Gasteiger partial charge >= 0.3 is 0 Å². The van der Waals surface area contributed by atoms with Crippen LogP contribution in [0.2, 0.25) is 0 Å². The Balaban J connectivity index is 1.34. The molecular formula is C24H24N2O4S. The van der Waals surface area contributed by atoms with Gasteiger partial charge in [-0.15, -0.1) is 0 Å². The highest BCUT2D eigenvalue weighted by Gasteiger charge is 2.50. The van der Waals surface area contributed by atoms with Crippen LogP contribution in [0.4, 0.5) is 0 Å². The normalized spacial score (nSPS) is 19.2. The lowest BCUT2D eigenvalue weighted by Crippen LogP contribution is -2.55. The third-order valence-corrected chi connectivity index (χ3v) is 8.24. The number of hydrogen-bond donors (Lipinski definition) is 0. The number of carbonyl (C=O) groups is 1. The molecular weight excluding hydrogens is 412 g/mol. The van der Waals surface area contributed by atoms with E-state index < -0.39 is 15.7 Å². The van der Waals surface area contributed by atoms with Gasteiger partial charge in [-0.1, -0.05) is 48.5 Å². The minimum Gasteiger partial charge on any atom is -0.358 e. The van der Waals surface area contributed by atoms with E-state index in [1.165, 1.54) is 4.31 Å². The molecule has 7 heteroatoms. The van der Waals surface area contributed by atoms with E-state index in [-0.39, 0.29) is 10.8 Å². The lowest BCUT2D eigenvalue weighted by Gasteiger charge is -2.42. The standard InChI is InChI=1S/C24H24N2O4S/c27-23(21-11-10-19-6-4-5-7-20(19)18-21)25-14-12-24(13-15-25)26(16-17-30-24)31(28,29)22-8-2-1-3-9-22/h1-11,18H,12-17H2. The predicted octanol–water partition coefficient (Wildman–Crippen LogP) is 3.49. The zero-order valence-electron chi connectivity index (χ0n) is 17.1. The Morgan fingerprint density at radius 3 is 2.26 bits per heavy atom. The molecule has 2 heterocycles. The largest absolute Gasteiger partial charge is 0.358 e. The van der Waals surface area contributed by atoms with Crippen LogP contribution >= 0.6 is 0 Å². The summed E-state index contributed by atoms with van der Waals surface area (Å²) in [7, 11) is -3.66. The summed E-state index contributed by atoms with van der Waals surface area (Å²) in [6.45, 7) is 1.60. The van der Waals surface area contributed by atoms with Crippen molar-refractivity contribution in [3.63, 3.8) is 0 Å². The molecule has 2 fully saturated rings. The van der Waals surface area contributed by atoms with Gasteiger partial charge in [0.2, 0.25) is 10.0 Å². The molecule has 0 atom stereocenters. The second kappa shape index (κ2) is 7.75. The first-order chi connectivity index (χ1) is 15.0. The number of likely N-dealkylation sites (tertiary alicyclic amines) is 1. The Kier molecular flexibility index (Phi) is 5.04. The second-order valence-corrected chi connectivity index (χ2v) is 9.90. The molecule has 2 aliphatic rings. The van der Waals surface area contributed by atoms with E-state index in [0.29, 0.717) is 44.6 Å². The van der Waals surface area contributed by atoms with E-state index >= 15 is 0 Å². The van der Waals surface area contributed by atoms with Gasteiger partial charge in [0, 0.05) is 38.0 Å². The number of piperidine rings is 1. The third kappa shape index (κ3) is 3.52. The number of benzene rings is 3. The molecule has 2 aliphatic heterocycles. The van der Waals surface area contributed by atoms with Gasteiger partial charge in [0.25, 0.3) is 5.91 Å². The summed E-state index contributed by atoms with van der Waals surface area (Å²) in [4.78, 5) is 15.2. The molecule has 31 heavy (non-hydrogen) atoms. The van der Waals surface area contributed by atoms with Gasteiger partial charge in [-0.25, -0.2) is 8.42 Å². The minimum absolute atomic E-state index is 0.0314. The molecule has 5 rings (SSSR count). The van der Waals surface area contributed by atoms with Gasteiger partial charge in [0.05, 0.1) is 11.5 Å². The van der Waals surface area contributed by atoms with Crippen molar-refractivity contribution >= 4 is 26.7 Å². The Bertz CT molecular complexity index is 1220. The van der Waals surface area contributed by atoms with E-state index in [0.717, 1.165) is 10.8 Å². The number of carbonyl (C=O) groups excluding carboxylic acids is 1. The lowest BCUT2D eigenvalue weighted by molar-refractivity contribution is -0.0857. The fourth-order valence-corrected chi connectivity index (χ4v) is 6.35. The molecule has 6 nitrogen and oxygen atoms in total. The summed E-state index contributed by atoms with van der Waals surface area (Å²) in [5, 5.41) is 2.12. The van der Waals surface area contributed by atoms with Crippen LogP contribution in [-0.4, -0.2) is 55.5 Å². The summed E-state index contributed by atoms with van der Waals surface area (Å²) in [5.74, 6) is -0.0314. The van der Waals surface area contributed by atoms with Crippen molar-refractivity contribution in [3.8, 4) is 0 Å². The summed E-state index contributed by atoms with van der Waals surface area (Å²) in [6.07, 6.45) is 0.913. The van der Waals surface area contributed by atoms with Crippen LogP contribution in [0, 0.1) is 0 Å². The number of rotatable bonds is 3. The Hall–Kier alpha value is -2.74. The van der Waals surface area contributed by atoms with E-state index in [9.17, 15) is 13.2 Å². The number of nitrogens with zero attached hydrogens (tertiary/aromatic N) is 2. The lowest BCUT2D eigenvalue weighted by atomic mass is 9.99. The average molecular weight is 437 g/mol. The Morgan fingerprint density at radius 1 is 0.839 bits per heavy atom. The van der Waals surface area contributed by atoms with Crippen LogP contribution in [0.25, 0.3) is 10.8 Å². The highest BCUT2D eigenvalue weighted by atomic mass is 32.2. The number of amides is 1. The monoisotopic (exact) mass is 436 g/mol. The van der Waals surface area contributed by atoms with Crippen molar-refractivity contribution in [3.05, 3.63) is 78.4 Å². The smallest absolute Gasteiger partial charge is 0.253 e. The molecule has 2 saturated heterocycles. The van der Waals surface area contributed by atoms with Crippen molar-refractivity contribution in [2.75, 3.05) is 26.2 Å². The van der Waals surface area contributed by atoms with Gasteiger partial charge in [-0.3, -0.25) is 4.79 Å². The molecule has 3 aromatic carbocycles. The number of ether oxygens (including phenoxy) is 1.